The van der Waals surface area contributed by atoms with Crippen molar-refractivity contribution in [2.24, 2.45) is 4.99 Å². The summed E-state index contributed by atoms with van der Waals surface area (Å²) in [6.45, 7) is 2.11. The Kier molecular flexibility index (Phi) is 7.08. The molecule has 0 spiro atoms. The minimum Gasteiger partial charge on any atom is -0.395 e. The van der Waals surface area contributed by atoms with Gasteiger partial charge in [0.15, 0.2) is 5.78 Å². The van der Waals surface area contributed by atoms with E-state index in [2.05, 4.69) is 10.3 Å². The molecule has 1 aromatic carbocycles. The lowest BCUT2D eigenvalue weighted by Crippen LogP contribution is -2.29. The summed E-state index contributed by atoms with van der Waals surface area (Å²) in [5.74, 6) is -0.712. The van der Waals surface area contributed by atoms with Crippen molar-refractivity contribution in [2.75, 3.05) is 31.2 Å². The van der Waals surface area contributed by atoms with Gasteiger partial charge >= 0.3 is 0 Å². The zero-order valence-electron chi connectivity index (χ0n) is 14.3. The summed E-state index contributed by atoms with van der Waals surface area (Å²) in [6.07, 6.45) is 2.65. The van der Waals surface area contributed by atoms with Crippen molar-refractivity contribution in [1.82, 2.24) is 5.32 Å². The van der Waals surface area contributed by atoms with Crippen LogP contribution >= 0.6 is 11.6 Å². The van der Waals surface area contributed by atoms with Gasteiger partial charge in [0.05, 0.1) is 35.3 Å². The molecule has 26 heavy (non-hydrogen) atoms. The molecule has 1 aliphatic carbocycles. The lowest BCUT2D eigenvalue weighted by atomic mass is 10.1. The maximum Gasteiger partial charge on any atom is 0.221 e. The Labute approximate surface area is 156 Å². The van der Waals surface area contributed by atoms with E-state index in [-0.39, 0.29) is 29.9 Å². The average molecular weight is 378 g/mol. The number of halogens is 1. The molecular weight excluding hydrogens is 358 g/mol. The highest BCUT2D eigenvalue weighted by Gasteiger charge is 2.18. The maximum atomic E-state index is 11.7. The second kappa shape index (κ2) is 9.28. The fourth-order valence-corrected chi connectivity index (χ4v) is 2.57. The molecule has 2 rings (SSSR count). The van der Waals surface area contributed by atoms with E-state index < -0.39 is 5.78 Å². The molecule has 0 aromatic heterocycles. The molecule has 3 N–H and O–H groups in total. The number of benzene rings is 1. The number of allylic oxidation sites excluding steroid dienone is 3. The van der Waals surface area contributed by atoms with E-state index in [1.54, 1.807) is 12.1 Å². The number of hydrogen-bond donors (Lipinski definition) is 3. The third-order valence-corrected chi connectivity index (χ3v) is 3.86. The van der Waals surface area contributed by atoms with Crippen molar-refractivity contribution < 1.29 is 19.8 Å². The summed E-state index contributed by atoms with van der Waals surface area (Å²) in [5.41, 5.74) is 2.10. The summed E-state index contributed by atoms with van der Waals surface area (Å²) in [4.78, 5) is 29.3. The highest BCUT2D eigenvalue weighted by molar-refractivity contribution is 6.47. The number of aliphatic hydroxyl groups excluding tert-OH is 2. The highest BCUT2D eigenvalue weighted by atomic mass is 35.5. The predicted molar refractivity (Wildman–Crippen MR) is 101 cm³/mol. The fraction of sp³-hybridized carbons (Fsp3) is 0.278. The molecule has 7 nitrogen and oxygen atoms in total. The number of aliphatic imine (C=N–C) groups is 1. The molecule has 1 aliphatic rings. The normalized spacial score (nSPS) is 15.5. The Morgan fingerprint density at radius 3 is 2.31 bits per heavy atom. The van der Waals surface area contributed by atoms with Crippen LogP contribution in [0.25, 0.3) is 0 Å². The lowest BCUT2D eigenvalue weighted by molar-refractivity contribution is -0.118. The van der Waals surface area contributed by atoms with Gasteiger partial charge in [-0.25, -0.2) is 4.99 Å². The Morgan fingerprint density at radius 2 is 1.77 bits per heavy atom. The molecule has 0 atom stereocenters. The molecule has 0 fully saturated rings. The first-order valence-corrected chi connectivity index (χ1v) is 8.39. The largest absolute Gasteiger partial charge is 0.395 e. The fourth-order valence-electron chi connectivity index (χ4n) is 2.41. The van der Waals surface area contributed by atoms with Crippen molar-refractivity contribution in [2.45, 2.75) is 6.92 Å². The van der Waals surface area contributed by atoms with Gasteiger partial charge in [0.1, 0.15) is 0 Å². The average Bonchev–Trinajstić information content (AvgIpc) is 2.59. The molecule has 1 aromatic rings. The van der Waals surface area contributed by atoms with Crippen molar-refractivity contribution in [3.63, 3.8) is 0 Å². The van der Waals surface area contributed by atoms with Gasteiger partial charge in [0, 0.05) is 31.8 Å². The van der Waals surface area contributed by atoms with Crippen LogP contribution in [0.15, 0.2) is 52.1 Å². The molecule has 1 amide bonds. The van der Waals surface area contributed by atoms with Crippen molar-refractivity contribution >= 4 is 40.4 Å². The van der Waals surface area contributed by atoms with Gasteiger partial charge in [-0.15, -0.1) is 0 Å². The second-order valence-corrected chi connectivity index (χ2v) is 5.95. The van der Waals surface area contributed by atoms with Crippen LogP contribution in [0.3, 0.4) is 0 Å². The van der Waals surface area contributed by atoms with Gasteiger partial charge in [-0.2, -0.15) is 0 Å². The van der Waals surface area contributed by atoms with E-state index in [4.69, 9.17) is 21.8 Å². The van der Waals surface area contributed by atoms with Gasteiger partial charge < -0.3 is 20.4 Å². The van der Waals surface area contributed by atoms with Crippen molar-refractivity contribution in [1.29, 1.82) is 0 Å². The third-order valence-electron chi connectivity index (χ3n) is 3.57. The molecule has 0 unspecified atom stereocenters. The van der Waals surface area contributed by atoms with Gasteiger partial charge in [-0.05, 0) is 30.3 Å². The SMILES string of the molecule is CC(=O)NC1=CC(=O)C(Cl)=CC1=Nc1ccc(N(CCO)CCO)cc1. The van der Waals surface area contributed by atoms with Gasteiger partial charge in [0.2, 0.25) is 5.91 Å². The molecular formula is C18H20ClN3O4. The van der Waals surface area contributed by atoms with E-state index in [0.717, 1.165) is 5.69 Å². The van der Waals surface area contributed by atoms with E-state index >= 15 is 0 Å². The molecule has 8 heteroatoms. The number of aliphatic hydroxyl groups is 2. The lowest BCUT2D eigenvalue weighted by Gasteiger charge is -2.22. The molecule has 0 bridgehead atoms. The van der Waals surface area contributed by atoms with Crippen LogP contribution in [0, 0.1) is 0 Å². The van der Waals surface area contributed by atoms with Crippen LogP contribution < -0.4 is 10.2 Å². The number of nitrogens with zero attached hydrogens (tertiary/aromatic N) is 2. The van der Waals surface area contributed by atoms with E-state index in [1.807, 2.05) is 17.0 Å². The summed E-state index contributed by atoms with van der Waals surface area (Å²) in [5, 5.41) is 20.8. The molecule has 0 saturated carbocycles. The Balaban J connectivity index is 2.28. The first-order valence-electron chi connectivity index (χ1n) is 8.01. The van der Waals surface area contributed by atoms with Crippen molar-refractivity contribution in [3.05, 3.63) is 47.1 Å². The molecule has 0 saturated heterocycles. The van der Waals surface area contributed by atoms with Crippen LogP contribution in [-0.2, 0) is 9.59 Å². The monoisotopic (exact) mass is 377 g/mol. The van der Waals surface area contributed by atoms with E-state index in [1.165, 1.54) is 19.1 Å². The molecule has 138 valence electrons. The van der Waals surface area contributed by atoms with Gasteiger partial charge in [0.25, 0.3) is 0 Å². The van der Waals surface area contributed by atoms with Crippen LogP contribution in [0.2, 0.25) is 0 Å². The Bertz CT molecular complexity index is 763. The standard InChI is InChI=1S/C18H20ClN3O4/c1-12(25)20-17-11-18(26)15(19)10-16(17)21-13-2-4-14(5-3-13)22(6-8-23)7-9-24/h2-5,10-11,23-24H,6-9H2,1H3,(H,20,25). The number of ketones is 1. The molecule has 0 heterocycles. The number of nitrogens with one attached hydrogen (secondary N) is 1. The minimum atomic E-state index is -0.395. The summed E-state index contributed by atoms with van der Waals surface area (Å²) < 4.78 is 0. The van der Waals surface area contributed by atoms with Crippen LogP contribution in [-0.4, -0.2) is 53.9 Å². The topological polar surface area (TPSA) is 102 Å². The smallest absolute Gasteiger partial charge is 0.221 e. The molecule has 0 aliphatic heterocycles. The van der Waals surface area contributed by atoms with Crippen molar-refractivity contribution in [3.8, 4) is 0 Å². The number of hydrogen-bond acceptors (Lipinski definition) is 6. The Hall–Kier alpha value is -2.48. The maximum absolute atomic E-state index is 11.7. The van der Waals surface area contributed by atoms with Crippen LogP contribution in [0.5, 0.6) is 0 Å². The summed E-state index contributed by atoms with van der Waals surface area (Å²) in [7, 11) is 0. The quantitative estimate of drug-likeness (QED) is 0.621. The number of anilines is 1. The highest BCUT2D eigenvalue weighted by Crippen LogP contribution is 2.22. The Morgan fingerprint density at radius 1 is 1.15 bits per heavy atom. The minimum absolute atomic E-state index is 0.0199. The summed E-state index contributed by atoms with van der Waals surface area (Å²) in [6, 6.07) is 7.14. The van der Waals surface area contributed by atoms with Gasteiger partial charge in [-0.1, -0.05) is 11.6 Å². The number of amides is 1. The second-order valence-electron chi connectivity index (χ2n) is 5.54. The van der Waals surface area contributed by atoms with E-state index in [0.29, 0.717) is 24.5 Å². The number of carbonyl (C=O) groups excluding carboxylic acids is 2. The van der Waals surface area contributed by atoms with Gasteiger partial charge in [-0.3, -0.25) is 9.59 Å². The third kappa shape index (κ3) is 5.26. The first-order chi connectivity index (χ1) is 12.4. The number of rotatable bonds is 7. The molecule has 0 radical (unpaired) electrons. The zero-order valence-corrected chi connectivity index (χ0v) is 15.0. The first kappa shape index (κ1) is 19.8. The van der Waals surface area contributed by atoms with E-state index in [9.17, 15) is 9.59 Å². The van der Waals surface area contributed by atoms with Crippen LogP contribution in [0.1, 0.15) is 6.92 Å². The van der Waals surface area contributed by atoms with Crippen LogP contribution in [0.4, 0.5) is 11.4 Å². The predicted octanol–water partition coefficient (Wildman–Crippen LogP) is 1.28. The zero-order chi connectivity index (χ0) is 19.1. The number of carbonyl (C=O) groups is 2. The summed E-state index contributed by atoms with van der Waals surface area (Å²) >= 11 is 5.89.